The minimum absolute atomic E-state index is 0.171. The predicted octanol–water partition coefficient (Wildman–Crippen LogP) is 2.37. The zero-order chi connectivity index (χ0) is 12.3. The van der Waals surface area contributed by atoms with Crippen molar-refractivity contribution in [3.63, 3.8) is 0 Å². The van der Waals surface area contributed by atoms with Crippen LogP contribution < -0.4 is 5.32 Å². The van der Waals surface area contributed by atoms with E-state index >= 15 is 0 Å². The molecule has 1 aliphatic rings. The SMILES string of the molecule is CC(N[C@H](CO)Cc1ccccc1)C1(C)CC1. The largest absolute Gasteiger partial charge is 0.395 e. The highest BCUT2D eigenvalue weighted by Crippen LogP contribution is 2.48. The highest BCUT2D eigenvalue weighted by atomic mass is 16.3. The van der Waals surface area contributed by atoms with Gasteiger partial charge in [-0.05, 0) is 37.2 Å². The lowest BCUT2D eigenvalue weighted by Crippen LogP contribution is -2.44. The van der Waals surface area contributed by atoms with E-state index in [4.69, 9.17) is 0 Å². The van der Waals surface area contributed by atoms with Crippen LogP contribution in [0.3, 0.4) is 0 Å². The molecule has 0 radical (unpaired) electrons. The molecular weight excluding hydrogens is 210 g/mol. The Morgan fingerprint density at radius 2 is 1.94 bits per heavy atom. The molecule has 2 nitrogen and oxygen atoms in total. The Labute approximate surface area is 104 Å². The molecule has 0 heterocycles. The van der Waals surface area contributed by atoms with Gasteiger partial charge >= 0.3 is 0 Å². The summed E-state index contributed by atoms with van der Waals surface area (Å²) in [5.74, 6) is 0. The van der Waals surface area contributed by atoms with Crippen LogP contribution in [0.15, 0.2) is 30.3 Å². The van der Waals surface area contributed by atoms with Crippen molar-refractivity contribution in [2.24, 2.45) is 5.41 Å². The standard InChI is InChI=1S/C15H23NO/c1-12(15(2)8-9-15)16-14(11-17)10-13-6-4-3-5-7-13/h3-7,12,14,16-17H,8-11H2,1-2H3/t12?,14-/m0/s1. The third-order valence-corrected chi connectivity index (χ3v) is 4.12. The van der Waals surface area contributed by atoms with Gasteiger partial charge in [0.25, 0.3) is 0 Å². The Morgan fingerprint density at radius 1 is 1.29 bits per heavy atom. The van der Waals surface area contributed by atoms with Gasteiger partial charge in [0, 0.05) is 12.1 Å². The fourth-order valence-electron chi connectivity index (χ4n) is 2.26. The van der Waals surface area contributed by atoms with Gasteiger partial charge in [0.15, 0.2) is 0 Å². The van der Waals surface area contributed by atoms with E-state index in [1.165, 1.54) is 18.4 Å². The van der Waals surface area contributed by atoms with Crippen molar-refractivity contribution in [1.29, 1.82) is 0 Å². The van der Waals surface area contributed by atoms with E-state index < -0.39 is 0 Å². The molecule has 0 bridgehead atoms. The third-order valence-electron chi connectivity index (χ3n) is 4.12. The molecule has 1 aromatic rings. The molecule has 2 N–H and O–H groups in total. The normalized spacial score (nSPS) is 20.9. The van der Waals surface area contributed by atoms with Crippen molar-refractivity contribution in [3.8, 4) is 0 Å². The molecule has 2 rings (SSSR count). The maximum absolute atomic E-state index is 9.46. The minimum Gasteiger partial charge on any atom is -0.395 e. The molecule has 1 fully saturated rings. The highest BCUT2D eigenvalue weighted by Gasteiger charge is 2.42. The summed E-state index contributed by atoms with van der Waals surface area (Å²) in [4.78, 5) is 0. The monoisotopic (exact) mass is 233 g/mol. The van der Waals surface area contributed by atoms with Gasteiger partial charge in [-0.3, -0.25) is 0 Å². The Hall–Kier alpha value is -0.860. The van der Waals surface area contributed by atoms with E-state index in [1.807, 2.05) is 6.07 Å². The van der Waals surface area contributed by atoms with Gasteiger partial charge < -0.3 is 10.4 Å². The molecule has 0 amide bonds. The van der Waals surface area contributed by atoms with Crippen molar-refractivity contribution < 1.29 is 5.11 Å². The lowest BCUT2D eigenvalue weighted by molar-refractivity contribution is 0.216. The first-order chi connectivity index (χ1) is 8.14. The Balaban J connectivity index is 1.88. The smallest absolute Gasteiger partial charge is 0.0587 e. The Morgan fingerprint density at radius 3 is 2.47 bits per heavy atom. The molecule has 0 aromatic heterocycles. The fourth-order valence-corrected chi connectivity index (χ4v) is 2.26. The van der Waals surface area contributed by atoms with Crippen LogP contribution in [0.2, 0.25) is 0 Å². The summed E-state index contributed by atoms with van der Waals surface area (Å²) in [5.41, 5.74) is 1.75. The summed E-state index contributed by atoms with van der Waals surface area (Å²) < 4.78 is 0. The lowest BCUT2D eigenvalue weighted by atomic mass is 9.98. The molecule has 1 aliphatic carbocycles. The molecule has 0 spiro atoms. The van der Waals surface area contributed by atoms with Crippen molar-refractivity contribution in [1.82, 2.24) is 5.32 Å². The number of aliphatic hydroxyl groups is 1. The summed E-state index contributed by atoms with van der Waals surface area (Å²) in [7, 11) is 0. The molecule has 0 saturated heterocycles. The second-order valence-electron chi connectivity index (χ2n) is 5.61. The van der Waals surface area contributed by atoms with E-state index in [1.54, 1.807) is 0 Å². The zero-order valence-corrected chi connectivity index (χ0v) is 10.8. The average Bonchev–Trinajstić information content (AvgIpc) is 3.09. The van der Waals surface area contributed by atoms with Crippen molar-refractivity contribution in [2.45, 2.75) is 45.2 Å². The van der Waals surface area contributed by atoms with Gasteiger partial charge in [0.05, 0.1) is 6.61 Å². The summed E-state index contributed by atoms with van der Waals surface area (Å²) in [5, 5.41) is 13.0. The van der Waals surface area contributed by atoms with E-state index in [-0.39, 0.29) is 12.6 Å². The number of hydrogen-bond acceptors (Lipinski definition) is 2. The van der Waals surface area contributed by atoms with Gasteiger partial charge in [-0.25, -0.2) is 0 Å². The first-order valence-electron chi connectivity index (χ1n) is 6.55. The van der Waals surface area contributed by atoms with Gasteiger partial charge in [-0.15, -0.1) is 0 Å². The number of nitrogens with one attached hydrogen (secondary N) is 1. The molecule has 2 atom stereocenters. The number of benzene rings is 1. The topological polar surface area (TPSA) is 32.3 Å². The van der Waals surface area contributed by atoms with Crippen LogP contribution in [0.4, 0.5) is 0 Å². The first kappa shape index (κ1) is 12.6. The molecule has 1 aromatic carbocycles. The number of hydrogen-bond donors (Lipinski definition) is 2. The first-order valence-corrected chi connectivity index (χ1v) is 6.55. The molecule has 1 saturated carbocycles. The maximum Gasteiger partial charge on any atom is 0.0587 e. The highest BCUT2D eigenvalue weighted by molar-refractivity contribution is 5.16. The summed E-state index contributed by atoms with van der Waals surface area (Å²) >= 11 is 0. The molecule has 0 aliphatic heterocycles. The second-order valence-corrected chi connectivity index (χ2v) is 5.61. The lowest BCUT2D eigenvalue weighted by Gasteiger charge is -2.26. The molecular formula is C15H23NO. The van der Waals surface area contributed by atoms with E-state index in [0.29, 0.717) is 11.5 Å². The Kier molecular flexibility index (Phi) is 3.85. The van der Waals surface area contributed by atoms with E-state index in [9.17, 15) is 5.11 Å². The van der Waals surface area contributed by atoms with Gasteiger partial charge in [-0.1, -0.05) is 37.3 Å². The van der Waals surface area contributed by atoms with Crippen LogP contribution in [0.5, 0.6) is 0 Å². The van der Waals surface area contributed by atoms with Crippen LogP contribution in [-0.2, 0) is 6.42 Å². The van der Waals surface area contributed by atoms with Crippen LogP contribution in [0.25, 0.3) is 0 Å². The molecule has 1 unspecified atom stereocenters. The molecule has 2 heteroatoms. The molecule has 94 valence electrons. The van der Waals surface area contributed by atoms with E-state index in [2.05, 4.69) is 43.4 Å². The number of rotatable bonds is 6. The van der Waals surface area contributed by atoms with Gasteiger partial charge in [-0.2, -0.15) is 0 Å². The van der Waals surface area contributed by atoms with Crippen LogP contribution >= 0.6 is 0 Å². The van der Waals surface area contributed by atoms with Crippen LogP contribution in [0, 0.1) is 5.41 Å². The fraction of sp³-hybridized carbons (Fsp3) is 0.600. The Bertz CT molecular complexity index is 345. The quantitative estimate of drug-likeness (QED) is 0.790. The average molecular weight is 233 g/mol. The summed E-state index contributed by atoms with van der Waals surface area (Å²) in [6.45, 7) is 4.76. The van der Waals surface area contributed by atoms with Crippen LogP contribution in [-0.4, -0.2) is 23.8 Å². The summed E-state index contributed by atoms with van der Waals surface area (Å²) in [6, 6.07) is 11.0. The predicted molar refractivity (Wildman–Crippen MR) is 71.0 cm³/mol. The number of aliphatic hydroxyl groups excluding tert-OH is 1. The van der Waals surface area contributed by atoms with Crippen molar-refractivity contribution >= 4 is 0 Å². The summed E-state index contributed by atoms with van der Waals surface area (Å²) in [6.07, 6.45) is 3.52. The van der Waals surface area contributed by atoms with Crippen LogP contribution in [0.1, 0.15) is 32.3 Å². The van der Waals surface area contributed by atoms with Crippen molar-refractivity contribution in [3.05, 3.63) is 35.9 Å². The molecule has 17 heavy (non-hydrogen) atoms. The zero-order valence-electron chi connectivity index (χ0n) is 10.8. The second kappa shape index (κ2) is 5.19. The van der Waals surface area contributed by atoms with Crippen molar-refractivity contribution in [2.75, 3.05) is 6.61 Å². The third kappa shape index (κ3) is 3.30. The van der Waals surface area contributed by atoms with Gasteiger partial charge in [0.2, 0.25) is 0 Å². The van der Waals surface area contributed by atoms with E-state index in [0.717, 1.165) is 6.42 Å². The minimum atomic E-state index is 0.171. The van der Waals surface area contributed by atoms with Gasteiger partial charge in [0.1, 0.15) is 0 Å². The maximum atomic E-state index is 9.46.